The Bertz CT molecular complexity index is 1260. The molecule has 36 heavy (non-hydrogen) atoms. The molecule has 0 bridgehead atoms. The number of thioether (sulfide) groups is 1. The molecule has 0 aliphatic heterocycles. The summed E-state index contributed by atoms with van der Waals surface area (Å²) in [6.07, 6.45) is 0.731. The van der Waals surface area contributed by atoms with E-state index in [0.29, 0.717) is 18.0 Å². The number of amides is 1. The van der Waals surface area contributed by atoms with Gasteiger partial charge in [-0.3, -0.25) is 9.10 Å². The van der Waals surface area contributed by atoms with E-state index in [1.54, 1.807) is 42.1 Å². The van der Waals surface area contributed by atoms with Gasteiger partial charge >= 0.3 is 0 Å². The number of hydrogen-bond acceptors (Lipinski definition) is 6. The van der Waals surface area contributed by atoms with Crippen molar-refractivity contribution in [2.75, 3.05) is 37.4 Å². The number of carbonyl (C=O) groups is 1. The van der Waals surface area contributed by atoms with Gasteiger partial charge in [0.15, 0.2) is 0 Å². The van der Waals surface area contributed by atoms with Crippen molar-refractivity contribution in [1.82, 2.24) is 5.32 Å². The van der Waals surface area contributed by atoms with E-state index in [0.717, 1.165) is 32.8 Å². The van der Waals surface area contributed by atoms with E-state index in [4.69, 9.17) is 21.1 Å². The van der Waals surface area contributed by atoms with Gasteiger partial charge in [0.25, 0.3) is 10.0 Å². The minimum Gasteiger partial charge on any atom is -0.497 e. The highest BCUT2D eigenvalue weighted by Crippen LogP contribution is 2.35. The Morgan fingerprint density at radius 1 is 1.00 bits per heavy atom. The fourth-order valence-corrected chi connectivity index (χ4v) is 6.09. The summed E-state index contributed by atoms with van der Waals surface area (Å²) in [6, 6.07) is 20.5. The number of hydrogen-bond donors (Lipinski definition) is 1. The number of ether oxygens (including phenoxy) is 2. The van der Waals surface area contributed by atoms with Gasteiger partial charge in [-0.2, -0.15) is 11.8 Å². The van der Waals surface area contributed by atoms with Crippen LogP contribution in [0.2, 0.25) is 5.02 Å². The van der Waals surface area contributed by atoms with Crippen molar-refractivity contribution in [2.24, 2.45) is 0 Å². The standard InChI is InChI=1S/C26H29ClN2O5S2/c1-33-21-13-14-25(34-2)24(17-21)29(36(31,32)22-10-4-3-5-11-22)18-26(30)28-15-8-16-35-19-20-9-6-7-12-23(20)27/h3-7,9-14,17H,8,15-16,18-19H2,1-2H3,(H,28,30). The molecule has 1 amide bonds. The molecule has 3 aromatic carbocycles. The highest BCUT2D eigenvalue weighted by molar-refractivity contribution is 7.98. The number of benzene rings is 3. The third kappa shape index (κ3) is 7.32. The van der Waals surface area contributed by atoms with Crippen LogP contribution in [0.1, 0.15) is 12.0 Å². The minimum atomic E-state index is -4.06. The van der Waals surface area contributed by atoms with Crippen LogP contribution in [0.15, 0.2) is 77.7 Å². The van der Waals surface area contributed by atoms with Gasteiger partial charge in [0.05, 0.1) is 24.8 Å². The molecule has 0 heterocycles. The molecule has 0 aliphatic carbocycles. The largest absolute Gasteiger partial charge is 0.497 e. The van der Waals surface area contributed by atoms with E-state index in [2.05, 4.69) is 5.32 Å². The monoisotopic (exact) mass is 548 g/mol. The van der Waals surface area contributed by atoms with Crippen LogP contribution in [0, 0.1) is 0 Å². The zero-order valence-corrected chi connectivity index (χ0v) is 22.5. The number of rotatable bonds is 13. The Balaban J connectivity index is 1.68. The molecule has 1 N–H and O–H groups in total. The normalized spacial score (nSPS) is 11.1. The molecule has 7 nitrogen and oxygen atoms in total. The number of methoxy groups -OCH3 is 2. The van der Waals surface area contributed by atoms with Crippen molar-refractivity contribution in [3.05, 3.63) is 83.4 Å². The first kappa shape index (κ1) is 27.7. The Morgan fingerprint density at radius 3 is 2.42 bits per heavy atom. The number of carbonyl (C=O) groups excluding carboxylic acids is 1. The number of anilines is 1. The first-order valence-corrected chi connectivity index (χ1v) is 14.2. The molecular weight excluding hydrogens is 520 g/mol. The summed E-state index contributed by atoms with van der Waals surface area (Å²) in [5.74, 6) is 1.93. The number of halogens is 1. The molecule has 0 unspecified atom stereocenters. The van der Waals surface area contributed by atoms with Crippen LogP contribution in [0.3, 0.4) is 0 Å². The maximum absolute atomic E-state index is 13.5. The van der Waals surface area contributed by atoms with Gasteiger partial charge in [0.2, 0.25) is 5.91 Å². The van der Waals surface area contributed by atoms with Gasteiger partial charge in [-0.05, 0) is 48.1 Å². The Morgan fingerprint density at radius 2 is 1.72 bits per heavy atom. The topological polar surface area (TPSA) is 84.9 Å². The summed E-state index contributed by atoms with van der Waals surface area (Å²) in [4.78, 5) is 12.9. The van der Waals surface area contributed by atoms with E-state index in [1.807, 2.05) is 24.3 Å². The van der Waals surface area contributed by atoms with E-state index in [9.17, 15) is 13.2 Å². The lowest BCUT2D eigenvalue weighted by Crippen LogP contribution is -2.41. The lowest BCUT2D eigenvalue weighted by Gasteiger charge is -2.26. The molecule has 0 radical (unpaired) electrons. The summed E-state index contributed by atoms with van der Waals surface area (Å²) < 4.78 is 38.8. The molecule has 0 saturated heterocycles. The summed E-state index contributed by atoms with van der Waals surface area (Å²) in [5.41, 5.74) is 1.29. The summed E-state index contributed by atoms with van der Waals surface area (Å²) in [5, 5.41) is 3.57. The predicted octanol–water partition coefficient (Wildman–Crippen LogP) is 4.99. The lowest BCUT2D eigenvalue weighted by atomic mass is 10.2. The highest BCUT2D eigenvalue weighted by Gasteiger charge is 2.29. The fourth-order valence-electron chi connectivity index (χ4n) is 3.40. The van der Waals surface area contributed by atoms with Gasteiger partial charge in [-0.1, -0.05) is 48.0 Å². The summed E-state index contributed by atoms with van der Waals surface area (Å²) >= 11 is 7.91. The molecule has 3 aromatic rings. The second kappa shape index (κ2) is 13.4. The Kier molecular flexibility index (Phi) is 10.3. The van der Waals surface area contributed by atoms with Crippen LogP contribution in [0.5, 0.6) is 11.5 Å². The van der Waals surface area contributed by atoms with Gasteiger partial charge in [-0.25, -0.2) is 8.42 Å². The first-order valence-electron chi connectivity index (χ1n) is 11.2. The molecular formula is C26H29ClN2O5S2. The zero-order chi connectivity index (χ0) is 26.0. The SMILES string of the molecule is COc1ccc(OC)c(N(CC(=O)NCCCSCc2ccccc2Cl)S(=O)(=O)c2ccccc2)c1. The van der Waals surface area contributed by atoms with Crippen molar-refractivity contribution in [2.45, 2.75) is 17.1 Å². The molecule has 0 saturated carbocycles. The van der Waals surface area contributed by atoms with Gasteiger partial charge in [-0.15, -0.1) is 0 Å². The average molecular weight is 549 g/mol. The van der Waals surface area contributed by atoms with Crippen LogP contribution in [-0.4, -0.2) is 47.4 Å². The lowest BCUT2D eigenvalue weighted by molar-refractivity contribution is -0.119. The summed E-state index contributed by atoms with van der Waals surface area (Å²) in [7, 11) is -1.13. The third-order valence-corrected chi connectivity index (χ3v) is 8.51. The van der Waals surface area contributed by atoms with Gasteiger partial charge < -0.3 is 14.8 Å². The maximum Gasteiger partial charge on any atom is 0.264 e. The highest BCUT2D eigenvalue weighted by atomic mass is 35.5. The first-order chi connectivity index (χ1) is 17.4. The molecule has 0 aromatic heterocycles. The van der Waals surface area contributed by atoms with Crippen LogP contribution in [0.25, 0.3) is 0 Å². The Hall–Kier alpha value is -2.88. The van der Waals surface area contributed by atoms with Crippen molar-refractivity contribution in [3.8, 4) is 11.5 Å². The predicted molar refractivity (Wildman–Crippen MR) is 146 cm³/mol. The molecule has 10 heteroatoms. The molecule has 0 atom stereocenters. The van der Waals surface area contributed by atoms with E-state index in [-0.39, 0.29) is 10.6 Å². The second-order valence-corrected chi connectivity index (χ2v) is 11.1. The van der Waals surface area contributed by atoms with Crippen LogP contribution in [0.4, 0.5) is 5.69 Å². The second-order valence-electron chi connectivity index (χ2n) is 7.71. The Labute approximate surface area is 221 Å². The van der Waals surface area contributed by atoms with Crippen molar-refractivity contribution < 1.29 is 22.7 Å². The molecule has 0 spiro atoms. The molecule has 192 valence electrons. The van der Waals surface area contributed by atoms with E-state index >= 15 is 0 Å². The molecule has 0 fully saturated rings. The number of nitrogens with one attached hydrogen (secondary N) is 1. The van der Waals surface area contributed by atoms with Gasteiger partial charge in [0, 0.05) is 23.4 Å². The molecule has 0 aliphatic rings. The number of nitrogens with zero attached hydrogens (tertiary/aromatic N) is 1. The van der Waals surface area contributed by atoms with Gasteiger partial charge in [0.1, 0.15) is 18.0 Å². The quantitative estimate of drug-likeness (QED) is 0.303. The van der Waals surface area contributed by atoms with E-state index < -0.39 is 22.5 Å². The van der Waals surface area contributed by atoms with Crippen LogP contribution < -0.4 is 19.1 Å². The zero-order valence-electron chi connectivity index (χ0n) is 20.1. The van der Waals surface area contributed by atoms with Crippen LogP contribution in [-0.2, 0) is 20.6 Å². The summed E-state index contributed by atoms with van der Waals surface area (Å²) in [6.45, 7) is 0.0103. The minimum absolute atomic E-state index is 0.0682. The van der Waals surface area contributed by atoms with Crippen molar-refractivity contribution >= 4 is 45.0 Å². The van der Waals surface area contributed by atoms with Crippen molar-refractivity contribution in [3.63, 3.8) is 0 Å². The molecule has 3 rings (SSSR count). The number of sulfonamides is 1. The fraction of sp³-hybridized carbons (Fsp3) is 0.269. The smallest absolute Gasteiger partial charge is 0.264 e. The van der Waals surface area contributed by atoms with E-state index in [1.165, 1.54) is 32.4 Å². The third-order valence-electron chi connectivity index (χ3n) is 5.28. The van der Waals surface area contributed by atoms with Crippen LogP contribution >= 0.6 is 23.4 Å². The maximum atomic E-state index is 13.5. The van der Waals surface area contributed by atoms with Crippen molar-refractivity contribution in [1.29, 1.82) is 0 Å². The average Bonchev–Trinajstić information content (AvgIpc) is 2.90.